The Hall–Kier alpha value is -3.62. The van der Waals surface area contributed by atoms with Gasteiger partial charge >= 0.3 is 11.9 Å². The van der Waals surface area contributed by atoms with Crippen LogP contribution in [0.2, 0.25) is 0 Å². The molecule has 2 aromatic carbocycles. The van der Waals surface area contributed by atoms with E-state index in [0.29, 0.717) is 37.9 Å². The number of methoxy groups -OCH3 is 3. The number of aromatic hydroxyl groups is 2. The van der Waals surface area contributed by atoms with Crippen LogP contribution in [0, 0.1) is 0 Å². The molecule has 0 aliphatic rings. The van der Waals surface area contributed by atoms with Gasteiger partial charge in [0.05, 0.1) is 21.3 Å². The molecule has 0 aliphatic heterocycles. The van der Waals surface area contributed by atoms with Gasteiger partial charge in [-0.15, -0.1) is 0 Å². The van der Waals surface area contributed by atoms with Crippen LogP contribution in [0.3, 0.4) is 0 Å². The lowest BCUT2D eigenvalue weighted by Gasteiger charge is -2.24. The third-order valence-electron chi connectivity index (χ3n) is 5.48. The zero-order valence-corrected chi connectivity index (χ0v) is 20.8. The van der Waals surface area contributed by atoms with Crippen LogP contribution in [0.15, 0.2) is 30.3 Å². The van der Waals surface area contributed by atoms with Gasteiger partial charge in [-0.25, -0.2) is 0 Å². The van der Waals surface area contributed by atoms with Crippen molar-refractivity contribution < 1.29 is 43.5 Å². The average molecular weight is 491 g/mol. The SMILES string of the molecule is COc1cc(CC[C@H](C[C@H](CCc2cc(OC)c(O)c(OC)c2)OC(C)=O)OC(C)=O)ccc1O. The Kier molecular flexibility index (Phi) is 10.5. The van der Waals surface area contributed by atoms with Crippen molar-refractivity contribution in [1.29, 1.82) is 0 Å². The molecule has 0 spiro atoms. The minimum atomic E-state index is -0.503. The third-order valence-corrected chi connectivity index (χ3v) is 5.48. The number of benzene rings is 2. The van der Waals surface area contributed by atoms with E-state index >= 15 is 0 Å². The zero-order chi connectivity index (χ0) is 26.0. The second-order valence-corrected chi connectivity index (χ2v) is 8.13. The minimum Gasteiger partial charge on any atom is -0.504 e. The van der Waals surface area contributed by atoms with Gasteiger partial charge in [-0.05, 0) is 61.1 Å². The molecular formula is C26H34O9. The predicted molar refractivity (Wildman–Crippen MR) is 128 cm³/mol. The van der Waals surface area contributed by atoms with E-state index in [1.807, 2.05) is 0 Å². The molecule has 192 valence electrons. The van der Waals surface area contributed by atoms with Gasteiger partial charge < -0.3 is 33.9 Å². The molecule has 0 saturated carbocycles. The summed E-state index contributed by atoms with van der Waals surface area (Å²) in [4.78, 5) is 23.5. The van der Waals surface area contributed by atoms with Crippen molar-refractivity contribution in [3.63, 3.8) is 0 Å². The monoisotopic (exact) mass is 490 g/mol. The van der Waals surface area contributed by atoms with Gasteiger partial charge in [0.25, 0.3) is 0 Å². The molecule has 0 aliphatic carbocycles. The minimum absolute atomic E-state index is 0.0465. The Morgan fingerprint density at radius 1 is 0.743 bits per heavy atom. The molecule has 0 bridgehead atoms. The number of rotatable bonds is 13. The van der Waals surface area contributed by atoms with Crippen molar-refractivity contribution in [1.82, 2.24) is 0 Å². The molecule has 0 unspecified atom stereocenters. The maximum absolute atomic E-state index is 11.8. The summed E-state index contributed by atoms with van der Waals surface area (Å²) in [5.74, 6) is 0.0370. The summed E-state index contributed by atoms with van der Waals surface area (Å²) in [5.41, 5.74) is 1.73. The Balaban J connectivity index is 2.12. The highest BCUT2D eigenvalue weighted by Crippen LogP contribution is 2.37. The number of ether oxygens (including phenoxy) is 5. The van der Waals surface area contributed by atoms with Gasteiger partial charge in [0.2, 0.25) is 5.75 Å². The van der Waals surface area contributed by atoms with Gasteiger partial charge in [-0.1, -0.05) is 6.07 Å². The molecule has 2 aromatic rings. The second kappa shape index (κ2) is 13.3. The molecule has 0 heterocycles. The Morgan fingerprint density at radius 3 is 1.66 bits per heavy atom. The Labute approximate surface area is 205 Å². The van der Waals surface area contributed by atoms with Crippen LogP contribution in [0.1, 0.15) is 44.2 Å². The average Bonchev–Trinajstić information content (AvgIpc) is 2.81. The fourth-order valence-electron chi connectivity index (χ4n) is 3.84. The van der Waals surface area contributed by atoms with E-state index in [2.05, 4.69) is 0 Å². The van der Waals surface area contributed by atoms with Crippen LogP contribution in [0.4, 0.5) is 0 Å². The first-order valence-electron chi connectivity index (χ1n) is 11.3. The standard InChI is InChI=1S/C26H34O9/c1-16(27)34-20(9-6-18-8-11-22(29)23(12-18)31-3)15-21(35-17(2)28)10-7-19-13-24(32-4)26(30)25(14-19)33-5/h8,11-14,20-21,29-30H,6-7,9-10,15H2,1-5H3/t20-,21+/m1/s1. The van der Waals surface area contributed by atoms with Crippen molar-refractivity contribution >= 4 is 11.9 Å². The van der Waals surface area contributed by atoms with E-state index in [0.717, 1.165) is 11.1 Å². The van der Waals surface area contributed by atoms with Gasteiger partial charge in [0.15, 0.2) is 23.0 Å². The topological polar surface area (TPSA) is 121 Å². The Morgan fingerprint density at radius 2 is 1.20 bits per heavy atom. The number of esters is 2. The lowest BCUT2D eigenvalue weighted by atomic mass is 9.98. The van der Waals surface area contributed by atoms with Gasteiger partial charge in [0, 0.05) is 20.3 Å². The van der Waals surface area contributed by atoms with Crippen LogP contribution >= 0.6 is 0 Å². The van der Waals surface area contributed by atoms with Crippen LogP contribution in [0.25, 0.3) is 0 Å². The lowest BCUT2D eigenvalue weighted by Crippen LogP contribution is -2.27. The quantitative estimate of drug-likeness (QED) is 0.402. The summed E-state index contributed by atoms with van der Waals surface area (Å²) < 4.78 is 26.6. The van der Waals surface area contributed by atoms with E-state index < -0.39 is 24.1 Å². The number of phenolic OH excluding ortho intramolecular Hbond substituents is 2. The highest BCUT2D eigenvalue weighted by Gasteiger charge is 2.22. The molecular weight excluding hydrogens is 456 g/mol. The molecule has 35 heavy (non-hydrogen) atoms. The van der Waals surface area contributed by atoms with Crippen molar-refractivity contribution in [2.45, 2.75) is 58.2 Å². The van der Waals surface area contributed by atoms with Crippen molar-refractivity contribution in [3.8, 4) is 28.7 Å². The number of aryl methyl sites for hydroxylation is 2. The molecule has 2 rings (SSSR count). The van der Waals surface area contributed by atoms with Crippen molar-refractivity contribution in [2.75, 3.05) is 21.3 Å². The third kappa shape index (κ3) is 8.59. The summed E-state index contributed by atoms with van der Waals surface area (Å²) in [6.07, 6.45) is 1.35. The number of carbonyl (C=O) groups is 2. The number of phenols is 2. The maximum Gasteiger partial charge on any atom is 0.302 e. The fraction of sp³-hybridized carbons (Fsp3) is 0.462. The molecule has 0 aromatic heterocycles. The van der Waals surface area contributed by atoms with Gasteiger partial charge in [-0.2, -0.15) is 0 Å². The van der Waals surface area contributed by atoms with Crippen molar-refractivity contribution in [2.24, 2.45) is 0 Å². The molecule has 9 nitrogen and oxygen atoms in total. The van der Waals surface area contributed by atoms with E-state index in [4.69, 9.17) is 23.7 Å². The van der Waals surface area contributed by atoms with Crippen LogP contribution in [-0.2, 0) is 31.9 Å². The van der Waals surface area contributed by atoms with E-state index in [9.17, 15) is 19.8 Å². The zero-order valence-electron chi connectivity index (χ0n) is 20.8. The van der Waals surface area contributed by atoms with E-state index in [1.165, 1.54) is 35.2 Å². The second-order valence-electron chi connectivity index (χ2n) is 8.13. The van der Waals surface area contributed by atoms with E-state index in [-0.39, 0.29) is 23.0 Å². The smallest absolute Gasteiger partial charge is 0.302 e. The highest BCUT2D eigenvalue weighted by atomic mass is 16.6. The first-order valence-corrected chi connectivity index (χ1v) is 11.3. The first kappa shape index (κ1) is 27.6. The maximum atomic E-state index is 11.8. The summed E-state index contributed by atoms with van der Waals surface area (Å²) in [7, 11) is 4.38. The van der Waals surface area contributed by atoms with Crippen LogP contribution in [0.5, 0.6) is 28.7 Å². The highest BCUT2D eigenvalue weighted by molar-refractivity contribution is 5.66. The van der Waals surface area contributed by atoms with Crippen LogP contribution < -0.4 is 14.2 Å². The number of hydrogen-bond acceptors (Lipinski definition) is 9. The molecule has 2 N–H and O–H groups in total. The van der Waals surface area contributed by atoms with Crippen LogP contribution in [-0.4, -0.2) is 55.7 Å². The fourth-order valence-corrected chi connectivity index (χ4v) is 3.84. The summed E-state index contributed by atoms with van der Waals surface area (Å²) >= 11 is 0. The molecule has 0 amide bonds. The molecule has 0 saturated heterocycles. The van der Waals surface area contributed by atoms with Gasteiger partial charge in [-0.3, -0.25) is 9.59 Å². The molecule has 9 heteroatoms. The predicted octanol–water partition coefficient (Wildman–Crippen LogP) is 3.94. The van der Waals surface area contributed by atoms with Crippen molar-refractivity contribution in [3.05, 3.63) is 41.5 Å². The normalized spacial score (nSPS) is 12.4. The molecule has 0 radical (unpaired) electrons. The Bertz CT molecular complexity index is 977. The summed E-state index contributed by atoms with van der Waals surface area (Å²) in [6.45, 7) is 2.68. The number of carbonyl (C=O) groups excluding carboxylic acids is 2. The first-order chi connectivity index (χ1) is 16.7. The molecule has 0 fully saturated rings. The largest absolute Gasteiger partial charge is 0.504 e. The molecule has 2 atom stereocenters. The summed E-state index contributed by atoms with van der Waals surface area (Å²) in [6, 6.07) is 8.46. The number of hydrogen-bond donors (Lipinski definition) is 2. The summed E-state index contributed by atoms with van der Waals surface area (Å²) in [5, 5.41) is 19.9. The lowest BCUT2D eigenvalue weighted by molar-refractivity contribution is -0.153. The van der Waals surface area contributed by atoms with Gasteiger partial charge in [0.1, 0.15) is 12.2 Å². The van der Waals surface area contributed by atoms with E-state index in [1.54, 1.807) is 30.3 Å².